The second-order valence-electron chi connectivity index (χ2n) is 7.95. The Morgan fingerprint density at radius 3 is 2.51 bits per heavy atom. The standard InChI is InChI=1S/C26H17N3O4S2/c1-14-23(35-24(27-14)15-8-3-2-4-9-15)21(30)19-20(17-11-7-13-33-17)29(25(32)22(19)31)26-28-16-10-5-6-12-18(16)34-26/h2-13,20,31H,1H3. The van der Waals surface area contributed by atoms with Crippen molar-refractivity contribution < 1.29 is 19.1 Å². The van der Waals surface area contributed by atoms with Gasteiger partial charge in [-0.25, -0.2) is 9.97 Å². The highest BCUT2D eigenvalue weighted by Gasteiger charge is 2.47. The van der Waals surface area contributed by atoms with E-state index in [1.54, 1.807) is 19.1 Å². The van der Waals surface area contributed by atoms with Gasteiger partial charge in [0, 0.05) is 5.56 Å². The summed E-state index contributed by atoms with van der Waals surface area (Å²) in [4.78, 5) is 38.0. The number of hydrogen-bond acceptors (Lipinski definition) is 8. The first kappa shape index (κ1) is 21.5. The van der Waals surface area contributed by atoms with Gasteiger partial charge in [-0.2, -0.15) is 0 Å². The fourth-order valence-electron chi connectivity index (χ4n) is 4.15. The Kier molecular flexibility index (Phi) is 5.09. The molecule has 0 bridgehead atoms. The topological polar surface area (TPSA) is 96.5 Å². The fraction of sp³-hybridized carbons (Fsp3) is 0.0769. The Morgan fingerprint density at radius 1 is 1.00 bits per heavy atom. The first-order chi connectivity index (χ1) is 17.0. The van der Waals surface area contributed by atoms with E-state index in [1.807, 2.05) is 54.6 Å². The van der Waals surface area contributed by atoms with Gasteiger partial charge in [-0.1, -0.05) is 53.8 Å². The van der Waals surface area contributed by atoms with Gasteiger partial charge in [-0.15, -0.1) is 11.3 Å². The van der Waals surface area contributed by atoms with E-state index >= 15 is 0 Å². The molecule has 172 valence electrons. The molecule has 7 nitrogen and oxygen atoms in total. The molecule has 1 N–H and O–H groups in total. The number of nitrogens with zero attached hydrogens (tertiary/aromatic N) is 3. The van der Waals surface area contributed by atoms with Gasteiger partial charge in [0.1, 0.15) is 16.8 Å². The Bertz CT molecular complexity index is 1580. The van der Waals surface area contributed by atoms with Crippen LogP contribution in [0.25, 0.3) is 20.8 Å². The average molecular weight is 500 g/mol. The second kappa shape index (κ2) is 8.30. The largest absolute Gasteiger partial charge is 0.503 e. The number of aryl methyl sites for hydroxylation is 1. The number of hydrogen-bond donors (Lipinski definition) is 1. The molecule has 3 aromatic heterocycles. The van der Waals surface area contributed by atoms with Crippen molar-refractivity contribution in [3.63, 3.8) is 0 Å². The van der Waals surface area contributed by atoms with Crippen LogP contribution in [0.15, 0.2) is 88.7 Å². The first-order valence-electron chi connectivity index (χ1n) is 10.8. The third kappa shape index (κ3) is 3.48. The molecule has 35 heavy (non-hydrogen) atoms. The Morgan fingerprint density at radius 2 is 1.77 bits per heavy atom. The van der Waals surface area contributed by atoms with Gasteiger partial charge in [-0.3, -0.25) is 14.5 Å². The highest BCUT2D eigenvalue weighted by molar-refractivity contribution is 7.22. The summed E-state index contributed by atoms with van der Waals surface area (Å²) in [7, 11) is 0. The van der Waals surface area contributed by atoms with Crippen LogP contribution in [0.4, 0.5) is 5.13 Å². The number of furan rings is 1. The van der Waals surface area contributed by atoms with E-state index in [9.17, 15) is 14.7 Å². The van der Waals surface area contributed by atoms with Crippen LogP contribution in [0.2, 0.25) is 0 Å². The van der Waals surface area contributed by atoms with Gasteiger partial charge >= 0.3 is 0 Å². The predicted octanol–water partition coefficient (Wildman–Crippen LogP) is 6.10. The summed E-state index contributed by atoms with van der Waals surface area (Å²) in [5.41, 5.74) is 2.10. The van der Waals surface area contributed by atoms with Gasteiger partial charge in [0.2, 0.25) is 5.78 Å². The van der Waals surface area contributed by atoms with Crippen LogP contribution in [-0.2, 0) is 4.79 Å². The quantitative estimate of drug-likeness (QED) is 0.293. The van der Waals surface area contributed by atoms with Crippen LogP contribution in [0, 0.1) is 6.92 Å². The number of anilines is 1. The molecule has 1 aliphatic heterocycles. The average Bonchev–Trinajstić information content (AvgIpc) is 3.65. The number of amides is 1. The number of thiazole rings is 2. The van der Waals surface area contributed by atoms with Gasteiger partial charge in [-0.05, 0) is 31.2 Å². The van der Waals surface area contributed by atoms with Crippen molar-refractivity contribution in [2.75, 3.05) is 4.90 Å². The van der Waals surface area contributed by atoms with Gasteiger partial charge in [0.25, 0.3) is 5.91 Å². The molecule has 1 aliphatic rings. The van der Waals surface area contributed by atoms with Gasteiger partial charge in [0.15, 0.2) is 10.9 Å². The van der Waals surface area contributed by atoms with Crippen LogP contribution in [0.1, 0.15) is 27.2 Å². The van der Waals surface area contributed by atoms with E-state index in [4.69, 9.17) is 4.42 Å². The molecule has 0 radical (unpaired) electrons. The number of Topliss-reactive ketones (excluding diaryl/α,β-unsaturated/α-hetero) is 1. The van der Waals surface area contributed by atoms with E-state index in [2.05, 4.69) is 9.97 Å². The molecule has 0 saturated carbocycles. The van der Waals surface area contributed by atoms with Crippen molar-refractivity contribution in [2.45, 2.75) is 13.0 Å². The maximum atomic E-state index is 13.8. The summed E-state index contributed by atoms with van der Waals surface area (Å²) in [5.74, 6) is -1.41. The maximum Gasteiger partial charge on any atom is 0.296 e. The minimum atomic E-state index is -0.952. The molecule has 0 aliphatic carbocycles. The number of aromatic nitrogens is 2. The van der Waals surface area contributed by atoms with Gasteiger partial charge in [0.05, 0.1) is 32.6 Å². The zero-order valence-corrected chi connectivity index (χ0v) is 20.0. The Labute approximate surface area is 207 Å². The summed E-state index contributed by atoms with van der Waals surface area (Å²) in [6, 6.07) is 19.5. The van der Waals surface area contributed by atoms with Crippen molar-refractivity contribution >= 4 is 49.7 Å². The first-order valence-corrected chi connectivity index (χ1v) is 12.4. The highest BCUT2D eigenvalue weighted by Crippen LogP contribution is 2.45. The van der Waals surface area contributed by atoms with E-state index in [0.29, 0.717) is 26.5 Å². The molecule has 1 amide bonds. The molecule has 5 aromatic rings. The third-order valence-corrected chi connectivity index (χ3v) is 8.02. The minimum Gasteiger partial charge on any atom is -0.503 e. The monoisotopic (exact) mass is 499 g/mol. The van der Waals surface area contributed by atoms with Crippen molar-refractivity contribution in [1.29, 1.82) is 0 Å². The molecule has 0 spiro atoms. The number of para-hydroxylation sites is 1. The van der Waals surface area contributed by atoms with Crippen molar-refractivity contribution in [1.82, 2.24) is 9.97 Å². The minimum absolute atomic E-state index is 0.0458. The SMILES string of the molecule is Cc1nc(-c2ccccc2)sc1C(=O)C1=C(O)C(=O)N(c2nc3ccccc3s2)C1c1ccco1. The number of carbonyl (C=O) groups is 2. The third-order valence-electron chi connectivity index (χ3n) is 5.78. The van der Waals surface area contributed by atoms with Crippen LogP contribution >= 0.6 is 22.7 Å². The predicted molar refractivity (Wildman–Crippen MR) is 135 cm³/mol. The van der Waals surface area contributed by atoms with Crippen LogP contribution in [0.5, 0.6) is 0 Å². The molecule has 0 saturated heterocycles. The highest BCUT2D eigenvalue weighted by atomic mass is 32.1. The second-order valence-corrected chi connectivity index (χ2v) is 9.96. The number of rotatable bonds is 5. The van der Waals surface area contributed by atoms with Crippen molar-refractivity contribution in [3.05, 3.63) is 101 Å². The summed E-state index contributed by atoms with van der Waals surface area (Å²) < 4.78 is 6.52. The number of ketones is 1. The molecule has 6 rings (SSSR count). The molecule has 1 unspecified atom stereocenters. The lowest BCUT2D eigenvalue weighted by Gasteiger charge is -2.22. The molecular formula is C26H17N3O4S2. The van der Waals surface area contributed by atoms with Gasteiger partial charge < -0.3 is 9.52 Å². The van der Waals surface area contributed by atoms with E-state index < -0.39 is 23.5 Å². The van der Waals surface area contributed by atoms with Crippen LogP contribution in [0.3, 0.4) is 0 Å². The van der Waals surface area contributed by atoms with Crippen molar-refractivity contribution in [3.8, 4) is 10.6 Å². The molecule has 0 fully saturated rings. The van der Waals surface area contributed by atoms with E-state index in [0.717, 1.165) is 15.8 Å². The summed E-state index contributed by atoms with van der Waals surface area (Å²) in [5, 5.41) is 12.0. The summed E-state index contributed by atoms with van der Waals surface area (Å²) in [6.07, 6.45) is 1.47. The molecule has 9 heteroatoms. The molecule has 1 atom stereocenters. The molecular weight excluding hydrogens is 482 g/mol. The zero-order valence-electron chi connectivity index (χ0n) is 18.3. The molecule has 2 aromatic carbocycles. The summed E-state index contributed by atoms with van der Waals surface area (Å²) >= 11 is 2.54. The lowest BCUT2D eigenvalue weighted by molar-refractivity contribution is -0.117. The zero-order chi connectivity index (χ0) is 24.1. The Hall–Kier alpha value is -4.08. The van der Waals surface area contributed by atoms with Crippen molar-refractivity contribution in [2.24, 2.45) is 0 Å². The Balaban J connectivity index is 1.46. The maximum absolute atomic E-state index is 13.8. The lowest BCUT2D eigenvalue weighted by Crippen LogP contribution is -2.30. The van der Waals surface area contributed by atoms with E-state index in [1.165, 1.54) is 33.8 Å². The fourth-order valence-corrected chi connectivity index (χ4v) is 6.17. The molecule has 4 heterocycles. The number of aliphatic hydroxyl groups is 1. The summed E-state index contributed by atoms with van der Waals surface area (Å²) in [6.45, 7) is 1.75. The number of carbonyl (C=O) groups excluding carboxylic acids is 2. The smallest absolute Gasteiger partial charge is 0.296 e. The van der Waals surface area contributed by atoms with Crippen LogP contribution in [-0.4, -0.2) is 26.8 Å². The number of benzene rings is 2. The lowest BCUT2D eigenvalue weighted by atomic mass is 10.00. The normalized spacial score (nSPS) is 16.0. The number of aliphatic hydroxyl groups excluding tert-OH is 1. The van der Waals surface area contributed by atoms with Crippen LogP contribution < -0.4 is 4.90 Å². The van der Waals surface area contributed by atoms with E-state index in [-0.39, 0.29) is 5.57 Å². The number of fused-ring (bicyclic) bond motifs is 1.